The molecule has 2 heterocycles. The molecule has 1 fully saturated rings. The highest BCUT2D eigenvalue weighted by Crippen LogP contribution is 2.27. The van der Waals surface area contributed by atoms with Gasteiger partial charge in [0.1, 0.15) is 11.6 Å². The van der Waals surface area contributed by atoms with Crippen LogP contribution in [0, 0.1) is 13.8 Å². The van der Waals surface area contributed by atoms with Crippen molar-refractivity contribution in [1.82, 2.24) is 14.9 Å². The van der Waals surface area contributed by atoms with Gasteiger partial charge in [-0.05, 0) is 37.5 Å². The van der Waals surface area contributed by atoms with Gasteiger partial charge >= 0.3 is 0 Å². The highest BCUT2D eigenvalue weighted by Gasteiger charge is 2.24. The fourth-order valence-electron chi connectivity index (χ4n) is 4.41. The van der Waals surface area contributed by atoms with Crippen LogP contribution < -0.4 is 4.90 Å². The smallest absolute Gasteiger partial charge is 0.136 e. The first-order chi connectivity index (χ1) is 15.5. The van der Waals surface area contributed by atoms with E-state index in [0.29, 0.717) is 13.0 Å². The lowest BCUT2D eigenvalue weighted by atomic mass is 10.0. The monoisotopic (exact) mass is 450 g/mol. The zero-order valence-corrected chi connectivity index (χ0v) is 19.6. The molecule has 0 bridgehead atoms. The third-order valence-electron chi connectivity index (χ3n) is 6.08. The number of aryl methyl sites for hydroxylation is 2. The van der Waals surface area contributed by atoms with Crippen LogP contribution in [-0.4, -0.2) is 58.8 Å². The summed E-state index contributed by atoms with van der Waals surface area (Å²) in [5.41, 5.74) is 4.41. The molecule has 1 atom stereocenters. The van der Waals surface area contributed by atoms with Crippen molar-refractivity contribution in [1.29, 1.82) is 0 Å². The van der Waals surface area contributed by atoms with Crippen molar-refractivity contribution < 1.29 is 5.11 Å². The standard InChI is InChI=1S/C26H31ClN4O/c1-19-24(17-22-10-6-7-11-25(22)27)26(29-20(2)28-19)31-14-12-30(13-15-31)18-23(32)16-21-8-4-3-5-9-21/h3-11,23,32H,12-18H2,1-2H3/t23-/m1/s1. The topological polar surface area (TPSA) is 52.5 Å². The summed E-state index contributed by atoms with van der Waals surface area (Å²) in [5.74, 6) is 1.81. The van der Waals surface area contributed by atoms with Crippen LogP contribution in [0.4, 0.5) is 5.82 Å². The van der Waals surface area contributed by atoms with E-state index in [0.717, 1.165) is 66.1 Å². The maximum Gasteiger partial charge on any atom is 0.136 e. The fraction of sp³-hybridized carbons (Fsp3) is 0.385. The Labute approximate surface area is 195 Å². The number of anilines is 1. The number of β-amino-alcohol motifs (C(OH)–C–C–N with tert-alkyl or cyclic N) is 1. The number of nitrogens with zero attached hydrogens (tertiary/aromatic N) is 4. The molecule has 2 aromatic carbocycles. The van der Waals surface area contributed by atoms with Gasteiger partial charge in [-0.3, -0.25) is 4.90 Å². The Morgan fingerprint density at radius 2 is 1.62 bits per heavy atom. The lowest BCUT2D eigenvalue weighted by Gasteiger charge is -2.37. The first-order valence-corrected chi connectivity index (χ1v) is 11.6. The third kappa shape index (κ3) is 5.66. The number of aliphatic hydroxyl groups is 1. The summed E-state index contributed by atoms with van der Waals surface area (Å²) in [7, 11) is 0. The van der Waals surface area contributed by atoms with E-state index in [1.165, 1.54) is 5.56 Å². The Balaban J connectivity index is 1.42. The molecule has 168 valence electrons. The number of halogens is 1. The minimum Gasteiger partial charge on any atom is -0.391 e. The van der Waals surface area contributed by atoms with Gasteiger partial charge in [0.2, 0.25) is 0 Å². The molecule has 6 heteroatoms. The van der Waals surface area contributed by atoms with Gasteiger partial charge in [0.05, 0.1) is 6.10 Å². The summed E-state index contributed by atoms with van der Waals surface area (Å²) < 4.78 is 0. The number of hydrogen-bond donors (Lipinski definition) is 1. The molecule has 4 rings (SSSR count). The van der Waals surface area contributed by atoms with Crippen LogP contribution in [0.5, 0.6) is 0 Å². The van der Waals surface area contributed by atoms with Crippen molar-refractivity contribution in [2.45, 2.75) is 32.8 Å². The van der Waals surface area contributed by atoms with Gasteiger partial charge in [-0.1, -0.05) is 60.1 Å². The van der Waals surface area contributed by atoms with Crippen LogP contribution in [0.2, 0.25) is 5.02 Å². The molecular formula is C26H31ClN4O. The Hall–Kier alpha value is -2.47. The molecule has 1 N–H and O–H groups in total. The quantitative estimate of drug-likeness (QED) is 0.588. The van der Waals surface area contributed by atoms with Crippen molar-refractivity contribution in [2.24, 2.45) is 0 Å². The van der Waals surface area contributed by atoms with Gasteiger partial charge in [-0.2, -0.15) is 0 Å². The molecule has 5 nitrogen and oxygen atoms in total. The fourth-order valence-corrected chi connectivity index (χ4v) is 4.61. The van der Waals surface area contributed by atoms with Crippen LogP contribution in [0.1, 0.15) is 28.2 Å². The average Bonchev–Trinajstić information content (AvgIpc) is 2.78. The first kappa shape index (κ1) is 22.7. The van der Waals surface area contributed by atoms with Gasteiger partial charge in [-0.15, -0.1) is 0 Å². The summed E-state index contributed by atoms with van der Waals surface area (Å²) in [6.45, 7) is 8.26. The Bertz CT molecular complexity index is 1040. The number of rotatable bonds is 7. The average molecular weight is 451 g/mol. The Morgan fingerprint density at radius 1 is 0.938 bits per heavy atom. The zero-order valence-electron chi connectivity index (χ0n) is 18.8. The van der Waals surface area contributed by atoms with E-state index in [-0.39, 0.29) is 6.10 Å². The molecule has 0 aliphatic carbocycles. The predicted molar refractivity (Wildman–Crippen MR) is 131 cm³/mol. The normalized spacial score (nSPS) is 15.7. The van der Waals surface area contributed by atoms with E-state index < -0.39 is 0 Å². The third-order valence-corrected chi connectivity index (χ3v) is 6.45. The SMILES string of the molecule is Cc1nc(C)c(Cc2ccccc2Cl)c(N2CCN(C[C@H](O)Cc3ccccc3)CC2)n1. The summed E-state index contributed by atoms with van der Waals surface area (Å²) in [6.07, 6.45) is 1.05. The van der Waals surface area contributed by atoms with Crippen LogP contribution in [0.15, 0.2) is 54.6 Å². The maximum absolute atomic E-state index is 10.6. The summed E-state index contributed by atoms with van der Waals surface area (Å²) in [4.78, 5) is 14.2. The summed E-state index contributed by atoms with van der Waals surface area (Å²) in [5, 5.41) is 11.3. The molecule has 1 aliphatic rings. The molecule has 0 unspecified atom stereocenters. The summed E-state index contributed by atoms with van der Waals surface area (Å²) >= 11 is 6.44. The molecule has 1 saturated heterocycles. The van der Waals surface area contributed by atoms with E-state index in [4.69, 9.17) is 16.6 Å². The number of benzene rings is 2. The van der Waals surface area contributed by atoms with E-state index in [9.17, 15) is 5.11 Å². The molecule has 0 spiro atoms. The molecule has 0 radical (unpaired) electrons. The second-order valence-corrected chi connectivity index (χ2v) is 8.96. The first-order valence-electron chi connectivity index (χ1n) is 11.3. The van der Waals surface area contributed by atoms with Gasteiger partial charge in [-0.25, -0.2) is 9.97 Å². The van der Waals surface area contributed by atoms with Crippen LogP contribution >= 0.6 is 11.6 Å². The number of aliphatic hydroxyl groups excluding tert-OH is 1. The van der Waals surface area contributed by atoms with Crippen LogP contribution in [-0.2, 0) is 12.8 Å². The maximum atomic E-state index is 10.6. The van der Waals surface area contributed by atoms with Gasteiger partial charge < -0.3 is 10.0 Å². The van der Waals surface area contributed by atoms with E-state index in [1.807, 2.05) is 43.3 Å². The van der Waals surface area contributed by atoms with Gasteiger partial charge in [0.25, 0.3) is 0 Å². The molecule has 3 aromatic rings. The van der Waals surface area contributed by atoms with E-state index >= 15 is 0 Å². The molecule has 1 aromatic heterocycles. The van der Waals surface area contributed by atoms with Crippen molar-refractivity contribution in [3.05, 3.63) is 87.8 Å². The molecule has 0 amide bonds. The lowest BCUT2D eigenvalue weighted by molar-refractivity contribution is 0.109. The van der Waals surface area contributed by atoms with E-state index in [2.05, 4.69) is 39.9 Å². The number of hydrogen-bond acceptors (Lipinski definition) is 5. The summed E-state index contributed by atoms with van der Waals surface area (Å²) in [6, 6.07) is 18.2. The minimum absolute atomic E-state index is 0.358. The number of aromatic nitrogens is 2. The highest BCUT2D eigenvalue weighted by atomic mass is 35.5. The second kappa shape index (κ2) is 10.4. The molecule has 32 heavy (non-hydrogen) atoms. The van der Waals surface area contributed by atoms with Crippen LogP contribution in [0.25, 0.3) is 0 Å². The van der Waals surface area contributed by atoms with Crippen molar-refractivity contribution in [3.63, 3.8) is 0 Å². The van der Waals surface area contributed by atoms with Gasteiger partial charge in [0.15, 0.2) is 0 Å². The lowest BCUT2D eigenvalue weighted by Crippen LogP contribution is -2.49. The van der Waals surface area contributed by atoms with E-state index in [1.54, 1.807) is 0 Å². The zero-order chi connectivity index (χ0) is 22.5. The highest BCUT2D eigenvalue weighted by molar-refractivity contribution is 6.31. The second-order valence-electron chi connectivity index (χ2n) is 8.56. The van der Waals surface area contributed by atoms with Crippen molar-refractivity contribution in [2.75, 3.05) is 37.6 Å². The molecule has 0 saturated carbocycles. The Kier molecular flexibility index (Phi) is 7.40. The predicted octanol–water partition coefficient (Wildman–Crippen LogP) is 4.06. The molecule has 1 aliphatic heterocycles. The largest absolute Gasteiger partial charge is 0.391 e. The van der Waals surface area contributed by atoms with Crippen molar-refractivity contribution >= 4 is 17.4 Å². The number of piperazine rings is 1. The molecular weight excluding hydrogens is 420 g/mol. The van der Waals surface area contributed by atoms with Crippen molar-refractivity contribution in [3.8, 4) is 0 Å². The van der Waals surface area contributed by atoms with Gasteiger partial charge in [0, 0.05) is 55.4 Å². The minimum atomic E-state index is -0.358. The Morgan fingerprint density at radius 3 is 2.34 bits per heavy atom. The van der Waals surface area contributed by atoms with Crippen LogP contribution in [0.3, 0.4) is 0 Å².